The molecule has 0 aliphatic rings. The molecule has 19 heavy (non-hydrogen) atoms. The first-order chi connectivity index (χ1) is 9.03. The van der Waals surface area contributed by atoms with Crippen LogP contribution in [-0.4, -0.2) is 19.2 Å². The average molecular weight is 290 g/mol. The lowest BCUT2D eigenvalue weighted by Gasteiger charge is -2.13. The number of carbonyl (C=O) groups is 1. The van der Waals surface area contributed by atoms with Crippen molar-refractivity contribution in [3.63, 3.8) is 0 Å². The molecule has 0 radical (unpaired) electrons. The van der Waals surface area contributed by atoms with Gasteiger partial charge in [0.05, 0.1) is 29.7 Å². The van der Waals surface area contributed by atoms with E-state index in [0.29, 0.717) is 0 Å². The van der Waals surface area contributed by atoms with Crippen molar-refractivity contribution in [2.45, 2.75) is 19.4 Å². The number of carbonyl (C=O) groups excluding carboxylic acids is 1. The lowest BCUT2D eigenvalue weighted by molar-refractivity contribution is -0.0504. The zero-order valence-corrected chi connectivity index (χ0v) is 10.7. The van der Waals surface area contributed by atoms with E-state index in [9.17, 15) is 13.6 Å². The molecule has 0 heterocycles. The van der Waals surface area contributed by atoms with E-state index >= 15 is 0 Å². The summed E-state index contributed by atoms with van der Waals surface area (Å²) in [6.07, 6.45) is 0. The number of alkyl halides is 3. The van der Waals surface area contributed by atoms with Crippen LogP contribution in [0.5, 0.6) is 5.75 Å². The van der Waals surface area contributed by atoms with E-state index in [1.54, 1.807) is 13.0 Å². The topological polar surface area (TPSA) is 59.3 Å². The fourth-order valence-corrected chi connectivity index (χ4v) is 1.72. The predicted molar refractivity (Wildman–Crippen MR) is 63.3 cm³/mol. The van der Waals surface area contributed by atoms with E-state index < -0.39 is 12.6 Å². The quantitative estimate of drug-likeness (QED) is 0.617. The van der Waals surface area contributed by atoms with Gasteiger partial charge >= 0.3 is 12.6 Å². The van der Waals surface area contributed by atoms with Crippen LogP contribution < -0.4 is 4.74 Å². The fourth-order valence-electron chi connectivity index (χ4n) is 1.44. The first-order valence-electron chi connectivity index (χ1n) is 5.28. The van der Waals surface area contributed by atoms with E-state index in [2.05, 4.69) is 4.74 Å². The number of hydrogen-bond acceptors (Lipinski definition) is 4. The van der Waals surface area contributed by atoms with Crippen molar-refractivity contribution < 1.29 is 23.0 Å². The van der Waals surface area contributed by atoms with Crippen LogP contribution >= 0.6 is 11.6 Å². The molecular weight excluding hydrogens is 280 g/mol. The van der Waals surface area contributed by atoms with E-state index in [0.717, 1.165) is 6.07 Å². The summed E-state index contributed by atoms with van der Waals surface area (Å²) < 4.78 is 33.6. The number of nitrogens with zero attached hydrogens (tertiary/aromatic N) is 1. The van der Waals surface area contributed by atoms with Crippen LogP contribution in [0.15, 0.2) is 12.1 Å². The Morgan fingerprint density at radius 1 is 1.53 bits per heavy atom. The smallest absolute Gasteiger partial charge is 0.387 e. The second kappa shape index (κ2) is 6.90. The maximum Gasteiger partial charge on any atom is 0.387 e. The Morgan fingerprint density at radius 2 is 2.21 bits per heavy atom. The first-order valence-corrected chi connectivity index (χ1v) is 5.81. The van der Waals surface area contributed by atoms with Crippen molar-refractivity contribution in [2.75, 3.05) is 6.61 Å². The van der Waals surface area contributed by atoms with Crippen LogP contribution in [0.4, 0.5) is 8.78 Å². The molecule has 0 aliphatic carbocycles. The molecule has 4 nitrogen and oxygen atoms in total. The van der Waals surface area contributed by atoms with E-state index in [1.807, 2.05) is 0 Å². The molecule has 1 rings (SSSR count). The SMILES string of the molecule is CCOC(=O)c1cc(C#N)cc(OC(F)F)c1CCl. The van der Waals surface area contributed by atoms with Crippen LogP contribution in [0.1, 0.15) is 28.4 Å². The molecule has 0 N–H and O–H groups in total. The Labute approximate surface area is 113 Å². The zero-order chi connectivity index (χ0) is 14.4. The summed E-state index contributed by atoms with van der Waals surface area (Å²) >= 11 is 5.64. The minimum Gasteiger partial charge on any atom is -0.462 e. The Kier molecular flexibility index (Phi) is 5.52. The molecule has 0 amide bonds. The highest BCUT2D eigenvalue weighted by Crippen LogP contribution is 2.28. The first kappa shape index (κ1) is 15.2. The standard InChI is InChI=1S/C12H10ClF2NO3/c1-2-18-11(17)8-3-7(6-16)4-10(9(8)5-13)19-12(14)15/h3-4,12H,2,5H2,1H3. The Hall–Kier alpha value is -1.87. The third kappa shape index (κ3) is 3.80. The minimum atomic E-state index is -3.08. The van der Waals surface area contributed by atoms with Gasteiger partial charge in [-0.05, 0) is 19.1 Å². The molecule has 0 saturated heterocycles. The molecule has 0 aromatic heterocycles. The van der Waals surface area contributed by atoms with Gasteiger partial charge in [-0.3, -0.25) is 0 Å². The molecule has 1 aromatic carbocycles. The summed E-state index contributed by atoms with van der Waals surface area (Å²) in [4.78, 5) is 11.7. The van der Waals surface area contributed by atoms with Crippen molar-refractivity contribution in [3.05, 3.63) is 28.8 Å². The van der Waals surface area contributed by atoms with Gasteiger partial charge < -0.3 is 9.47 Å². The lowest BCUT2D eigenvalue weighted by Crippen LogP contribution is -2.11. The summed E-state index contributed by atoms with van der Waals surface area (Å²) in [5.74, 6) is -1.26. The summed E-state index contributed by atoms with van der Waals surface area (Å²) in [6, 6.07) is 4.09. The van der Waals surface area contributed by atoms with Crippen LogP contribution in [0.3, 0.4) is 0 Å². The van der Waals surface area contributed by atoms with E-state index in [1.165, 1.54) is 6.07 Å². The summed E-state index contributed by atoms with van der Waals surface area (Å²) in [5, 5.41) is 8.82. The lowest BCUT2D eigenvalue weighted by atomic mass is 10.0. The summed E-state index contributed by atoms with van der Waals surface area (Å²) in [6.45, 7) is -1.36. The van der Waals surface area contributed by atoms with Gasteiger partial charge in [-0.25, -0.2) is 4.79 Å². The van der Waals surface area contributed by atoms with Gasteiger partial charge in [-0.2, -0.15) is 14.0 Å². The predicted octanol–water partition coefficient (Wildman–Crippen LogP) is 3.08. The number of benzene rings is 1. The van der Waals surface area contributed by atoms with Crippen LogP contribution in [0.25, 0.3) is 0 Å². The molecule has 0 fully saturated rings. The van der Waals surface area contributed by atoms with Crippen LogP contribution in [0.2, 0.25) is 0 Å². The van der Waals surface area contributed by atoms with Gasteiger partial charge in [-0.15, -0.1) is 11.6 Å². The van der Waals surface area contributed by atoms with Crippen LogP contribution in [-0.2, 0) is 10.6 Å². The molecule has 1 aromatic rings. The van der Waals surface area contributed by atoms with Crippen molar-refractivity contribution in [1.82, 2.24) is 0 Å². The third-order valence-electron chi connectivity index (χ3n) is 2.18. The molecular formula is C12H10ClF2NO3. The van der Waals surface area contributed by atoms with E-state index in [4.69, 9.17) is 21.6 Å². The zero-order valence-electron chi connectivity index (χ0n) is 9.95. The minimum absolute atomic E-state index is 0.00701. The third-order valence-corrected chi connectivity index (χ3v) is 2.45. The summed E-state index contributed by atoms with van der Waals surface area (Å²) in [7, 11) is 0. The highest BCUT2D eigenvalue weighted by molar-refractivity contribution is 6.18. The number of nitriles is 1. The van der Waals surface area contributed by atoms with Gasteiger partial charge in [0, 0.05) is 5.56 Å². The number of esters is 1. The van der Waals surface area contributed by atoms with E-state index in [-0.39, 0.29) is 34.9 Å². The fraction of sp³-hybridized carbons (Fsp3) is 0.333. The molecule has 7 heteroatoms. The Morgan fingerprint density at radius 3 is 2.68 bits per heavy atom. The maximum absolute atomic E-state index is 12.3. The largest absolute Gasteiger partial charge is 0.462 e. The molecule has 0 aliphatic heterocycles. The van der Waals surface area contributed by atoms with Crippen molar-refractivity contribution in [2.24, 2.45) is 0 Å². The normalized spacial score (nSPS) is 10.1. The average Bonchev–Trinajstić information content (AvgIpc) is 2.37. The van der Waals surface area contributed by atoms with Crippen molar-refractivity contribution in [1.29, 1.82) is 5.26 Å². The monoisotopic (exact) mass is 289 g/mol. The maximum atomic E-state index is 12.3. The molecule has 0 spiro atoms. The van der Waals surface area contributed by atoms with Crippen molar-refractivity contribution in [3.8, 4) is 11.8 Å². The number of halogens is 3. The molecule has 102 valence electrons. The van der Waals surface area contributed by atoms with Gasteiger partial charge in [0.2, 0.25) is 0 Å². The highest BCUT2D eigenvalue weighted by Gasteiger charge is 2.20. The van der Waals surface area contributed by atoms with Gasteiger partial charge in [0.15, 0.2) is 0 Å². The molecule has 0 atom stereocenters. The molecule has 0 bridgehead atoms. The Bertz CT molecular complexity index is 514. The Balaban J connectivity index is 3.35. The second-order valence-electron chi connectivity index (χ2n) is 3.34. The van der Waals surface area contributed by atoms with Gasteiger partial charge in [0.1, 0.15) is 5.75 Å². The number of rotatable bonds is 5. The van der Waals surface area contributed by atoms with Crippen LogP contribution in [0, 0.1) is 11.3 Å². The van der Waals surface area contributed by atoms with Gasteiger partial charge in [0.25, 0.3) is 0 Å². The molecule has 0 unspecified atom stereocenters. The second-order valence-corrected chi connectivity index (χ2v) is 3.61. The molecule has 0 saturated carbocycles. The van der Waals surface area contributed by atoms with Crippen molar-refractivity contribution >= 4 is 17.6 Å². The van der Waals surface area contributed by atoms with Gasteiger partial charge in [-0.1, -0.05) is 0 Å². The number of ether oxygens (including phenoxy) is 2. The highest BCUT2D eigenvalue weighted by atomic mass is 35.5. The summed E-state index contributed by atoms with van der Waals surface area (Å²) in [5.41, 5.74) is 0.0264. The number of hydrogen-bond donors (Lipinski definition) is 0.